The van der Waals surface area contributed by atoms with Crippen molar-refractivity contribution in [2.75, 3.05) is 16.8 Å². The molecular weight excluding hydrogens is 204 g/mol. The summed E-state index contributed by atoms with van der Waals surface area (Å²) >= 11 is 0. The second kappa shape index (κ2) is 4.35. The SMILES string of the molecule is CCCC(=O)N1CC(=O)Nc2ccccc21. The van der Waals surface area contributed by atoms with E-state index in [4.69, 9.17) is 0 Å². The van der Waals surface area contributed by atoms with Gasteiger partial charge in [0.15, 0.2) is 0 Å². The third kappa shape index (κ3) is 1.91. The molecule has 0 spiro atoms. The van der Waals surface area contributed by atoms with Crippen molar-refractivity contribution in [2.45, 2.75) is 19.8 Å². The predicted molar refractivity (Wildman–Crippen MR) is 62.3 cm³/mol. The van der Waals surface area contributed by atoms with Crippen LogP contribution in [-0.2, 0) is 9.59 Å². The molecule has 16 heavy (non-hydrogen) atoms. The lowest BCUT2D eigenvalue weighted by atomic mass is 10.1. The lowest BCUT2D eigenvalue weighted by Gasteiger charge is -2.29. The minimum absolute atomic E-state index is 0.00444. The lowest BCUT2D eigenvalue weighted by molar-refractivity contribution is -0.121. The zero-order valence-corrected chi connectivity index (χ0v) is 9.19. The van der Waals surface area contributed by atoms with Crippen LogP contribution in [0.2, 0.25) is 0 Å². The number of benzene rings is 1. The van der Waals surface area contributed by atoms with E-state index in [1.807, 2.05) is 25.1 Å². The maximum absolute atomic E-state index is 11.9. The zero-order valence-electron chi connectivity index (χ0n) is 9.19. The highest BCUT2D eigenvalue weighted by molar-refractivity contribution is 6.09. The Morgan fingerprint density at radius 2 is 2.19 bits per heavy atom. The van der Waals surface area contributed by atoms with E-state index in [1.165, 1.54) is 0 Å². The van der Waals surface area contributed by atoms with E-state index < -0.39 is 0 Å². The summed E-state index contributed by atoms with van der Waals surface area (Å²) in [4.78, 5) is 24.8. The van der Waals surface area contributed by atoms with Gasteiger partial charge in [-0.1, -0.05) is 19.1 Å². The molecule has 4 heteroatoms. The van der Waals surface area contributed by atoms with Crippen molar-refractivity contribution in [3.05, 3.63) is 24.3 Å². The molecule has 1 heterocycles. The molecule has 4 nitrogen and oxygen atoms in total. The minimum atomic E-state index is -0.136. The molecule has 2 rings (SSSR count). The topological polar surface area (TPSA) is 49.4 Å². The number of anilines is 2. The van der Waals surface area contributed by atoms with E-state index in [-0.39, 0.29) is 18.4 Å². The molecule has 1 aliphatic rings. The largest absolute Gasteiger partial charge is 0.323 e. The molecule has 0 bridgehead atoms. The molecule has 1 aromatic carbocycles. The van der Waals surface area contributed by atoms with Crippen LogP contribution in [0.3, 0.4) is 0 Å². The molecule has 1 N–H and O–H groups in total. The van der Waals surface area contributed by atoms with Gasteiger partial charge in [0, 0.05) is 6.42 Å². The quantitative estimate of drug-likeness (QED) is 0.822. The Hall–Kier alpha value is -1.84. The molecule has 0 radical (unpaired) electrons. The summed E-state index contributed by atoms with van der Waals surface area (Å²) in [5, 5.41) is 2.75. The van der Waals surface area contributed by atoms with E-state index in [0.29, 0.717) is 12.1 Å². The van der Waals surface area contributed by atoms with E-state index in [2.05, 4.69) is 5.32 Å². The molecule has 0 saturated carbocycles. The first-order valence-corrected chi connectivity index (χ1v) is 5.41. The van der Waals surface area contributed by atoms with Crippen LogP contribution in [0.25, 0.3) is 0 Å². The molecule has 1 aromatic rings. The fraction of sp³-hybridized carbons (Fsp3) is 0.333. The van der Waals surface area contributed by atoms with Crippen molar-refractivity contribution >= 4 is 23.2 Å². The summed E-state index contributed by atoms with van der Waals surface area (Å²) in [5.74, 6) is -0.132. The molecular formula is C12H14N2O2. The molecule has 0 saturated heterocycles. The number of nitrogens with one attached hydrogen (secondary N) is 1. The van der Waals surface area contributed by atoms with Gasteiger partial charge in [0.1, 0.15) is 6.54 Å². The summed E-state index contributed by atoms with van der Waals surface area (Å²) in [6.45, 7) is 2.07. The van der Waals surface area contributed by atoms with Gasteiger partial charge in [0.25, 0.3) is 0 Å². The first-order valence-electron chi connectivity index (χ1n) is 5.41. The number of fused-ring (bicyclic) bond motifs is 1. The summed E-state index contributed by atoms with van der Waals surface area (Å²) in [5.41, 5.74) is 1.50. The summed E-state index contributed by atoms with van der Waals surface area (Å²) in [6.07, 6.45) is 1.26. The van der Waals surface area contributed by atoms with Crippen LogP contribution in [0.4, 0.5) is 11.4 Å². The number of hydrogen-bond donors (Lipinski definition) is 1. The first-order chi connectivity index (χ1) is 7.72. The van der Waals surface area contributed by atoms with E-state index >= 15 is 0 Å². The van der Waals surface area contributed by atoms with Crippen molar-refractivity contribution < 1.29 is 9.59 Å². The Labute approximate surface area is 94.2 Å². The minimum Gasteiger partial charge on any atom is -0.323 e. The number of carbonyl (C=O) groups is 2. The van der Waals surface area contributed by atoms with Crippen molar-refractivity contribution in [1.82, 2.24) is 0 Å². The molecule has 0 unspecified atom stereocenters. The first kappa shape index (κ1) is 10.7. The van der Waals surface area contributed by atoms with Crippen LogP contribution in [0.15, 0.2) is 24.3 Å². The predicted octanol–water partition coefficient (Wildman–Crippen LogP) is 1.77. The van der Waals surface area contributed by atoms with Crippen LogP contribution in [0.5, 0.6) is 0 Å². The van der Waals surface area contributed by atoms with Crippen LogP contribution in [-0.4, -0.2) is 18.4 Å². The fourth-order valence-electron chi connectivity index (χ4n) is 1.80. The Bertz CT molecular complexity index is 429. The smallest absolute Gasteiger partial charge is 0.244 e. The highest BCUT2D eigenvalue weighted by Gasteiger charge is 2.25. The Balaban J connectivity index is 2.33. The molecule has 0 aromatic heterocycles. The summed E-state index contributed by atoms with van der Waals surface area (Å²) < 4.78 is 0. The maximum Gasteiger partial charge on any atom is 0.244 e. The van der Waals surface area contributed by atoms with Crippen molar-refractivity contribution in [2.24, 2.45) is 0 Å². The number of carbonyl (C=O) groups excluding carboxylic acids is 2. The molecule has 0 fully saturated rings. The molecule has 0 atom stereocenters. The maximum atomic E-state index is 11.9. The molecule has 0 aliphatic carbocycles. The number of para-hydroxylation sites is 2. The van der Waals surface area contributed by atoms with Gasteiger partial charge in [-0.05, 0) is 18.6 Å². The van der Waals surface area contributed by atoms with E-state index in [0.717, 1.165) is 12.1 Å². The molecule has 84 valence electrons. The van der Waals surface area contributed by atoms with Gasteiger partial charge < -0.3 is 10.2 Å². The average molecular weight is 218 g/mol. The Morgan fingerprint density at radius 1 is 1.44 bits per heavy atom. The Kier molecular flexibility index (Phi) is 2.90. The van der Waals surface area contributed by atoms with Gasteiger partial charge in [-0.15, -0.1) is 0 Å². The fourth-order valence-corrected chi connectivity index (χ4v) is 1.80. The van der Waals surface area contributed by atoms with Crippen molar-refractivity contribution in [3.8, 4) is 0 Å². The number of rotatable bonds is 2. The third-order valence-electron chi connectivity index (χ3n) is 2.54. The van der Waals surface area contributed by atoms with Gasteiger partial charge in [-0.2, -0.15) is 0 Å². The third-order valence-corrected chi connectivity index (χ3v) is 2.54. The van der Waals surface area contributed by atoms with Crippen molar-refractivity contribution in [3.63, 3.8) is 0 Å². The number of nitrogens with zero attached hydrogens (tertiary/aromatic N) is 1. The van der Waals surface area contributed by atoms with E-state index in [1.54, 1.807) is 11.0 Å². The summed E-state index contributed by atoms with van der Waals surface area (Å²) in [7, 11) is 0. The number of amides is 2. The molecule has 2 amide bonds. The van der Waals surface area contributed by atoms with Crippen LogP contribution in [0.1, 0.15) is 19.8 Å². The van der Waals surface area contributed by atoms with Gasteiger partial charge in [-0.3, -0.25) is 9.59 Å². The second-order valence-electron chi connectivity index (χ2n) is 3.80. The van der Waals surface area contributed by atoms with E-state index in [9.17, 15) is 9.59 Å². The monoisotopic (exact) mass is 218 g/mol. The van der Waals surface area contributed by atoms with Gasteiger partial charge >= 0.3 is 0 Å². The zero-order chi connectivity index (χ0) is 11.5. The standard InChI is InChI=1S/C12H14N2O2/c1-2-5-12(16)14-8-11(15)13-9-6-3-4-7-10(9)14/h3-4,6-7H,2,5,8H2,1H3,(H,13,15). The van der Waals surface area contributed by atoms with Crippen LogP contribution >= 0.6 is 0 Å². The van der Waals surface area contributed by atoms with Crippen LogP contribution in [0, 0.1) is 0 Å². The van der Waals surface area contributed by atoms with Gasteiger partial charge in [0.05, 0.1) is 11.4 Å². The van der Waals surface area contributed by atoms with Gasteiger partial charge in [0.2, 0.25) is 11.8 Å². The second-order valence-corrected chi connectivity index (χ2v) is 3.80. The van der Waals surface area contributed by atoms with Gasteiger partial charge in [-0.25, -0.2) is 0 Å². The summed E-state index contributed by atoms with van der Waals surface area (Å²) in [6, 6.07) is 7.36. The highest BCUT2D eigenvalue weighted by Crippen LogP contribution is 2.29. The lowest BCUT2D eigenvalue weighted by Crippen LogP contribution is -2.41. The normalized spacial score (nSPS) is 14.3. The van der Waals surface area contributed by atoms with Crippen LogP contribution < -0.4 is 10.2 Å². The Morgan fingerprint density at radius 3 is 2.94 bits per heavy atom. The average Bonchev–Trinajstić information content (AvgIpc) is 2.28. The molecule has 1 aliphatic heterocycles. The van der Waals surface area contributed by atoms with Crippen molar-refractivity contribution in [1.29, 1.82) is 0 Å². The highest BCUT2D eigenvalue weighted by atomic mass is 16.2. The number of hydrogen-bond acceptors (Lipinski definition) is 2.